The molecular weight excluding hydrogens is 268 g/mol. The van der Waals surface area contributed by atoms with Gasteiger partial charge < -0.3 is 15.2 Å². The van der Waals surface area contributed by atoms with Crippen molar-refractivity contribution in [3.63, 3.8) is 0 Å². The first-order valence-corrected chi connectivity index (χ1v) is 7.14. The van der Waals surface area contributed by atoms with Gasteiger partial charge in [-0.2, -0.15) is 0 Å². The number of hydrogen-bond acceptors (Lipinski definition) is 3. The van der Waals surface area contributed by atoms with Crippen LogP contribution in [0.2, 0.25) is 0 Å². The highest BCUT2D eigenvalue weighted by Gasteiger charge is 2.23. The molecule has 0 aliphatic carbocycles. The first-order valence-electron chi connectivity index (χ1n) is 7.14. The zero-order valence-corrected chi connectivity index (χ0v) is 11.9. The highest BCUT2D eigenvalue weighted by Crippen LogP contribution is 2.15. The van der Waals surface area contributed by atoms with Crippen LogP contribution < -0.4 is 10.6 Å². The second-order valence-corrected chi connectivity index (χ2v) is 5.29. The monoisotopic (exact) mass is 286 g/mol. The normalized spacial score (nSPS) is 18.5. The van der Waals surface area contributed by atoms with Crippen LogP contribution in [0.3, 0.4) is 0 Å². The molecule has 1 saturated heterocycles. The smallest absolute Gasteiger partial charge is 0.242 e. The van der Waals surface area contributed by atoms with Crippen molar-refractivity contribution in [2.24, 2.45) is 0 Å². The summed E-state index contributed by atoms with van der Waals surface area (Å²) in [6.45, 7) is 2.74. The van der Waals surface area contributed by atoms with E-state index in [9.17, 15) is 9.59 Å². The lowest BCUT2D eigenvalue weighted by atomic mass is 10.1. The van der Waals surface area contributed by atoms with Crippen LogP contribution >= 0.6 is 0 Å². The van der Waals surface area contributed by atoms with E-state index < -0.39 is 6.04 Å². The Hall–Kier alpha value is -2.37. The van der Waals surface area contributed by atoms with Gasteiger partial charge in [0.1, 0.15) is 18.4 Å². The molecule has 1 aromatic heterocycles. The van der Waals surface area contributed by atoms with Gasteiger partial charge in [-0.25, -0.2) is 4.98 Å². The van der Waals surface area contributed by atoms with Crippen molar-refractivity contribution in [1.82, 2.24) is 20.2 Å². The summed E-state index contributed by atoms with van der Waals surface area (Å²) in [5, 5.41) is 5.56. The van der Waals surface area contributed by atoms with E-state index in [1.165, 1.54) is 0 Å². The van der Waals surface area contributed by atoms with Gasteiger partial charge in [0.05, 0.1) is 11.0 Å². The summed E-state index contributed by atoms with van der Waals surface area (Å²) >= 11 is 0. The molecule has 1 unspecified atom stereocenters. The van der Waals surface area contributed by atoms with Crippen molar-refractivity contribution in [2.45, 2.75) is 32.4 Å². The van der Waals surface area contributed by atoms with Gasteiger partial charge in [0, 0.05) is 6.54 Å². The van der Waals surface area contributed by atoms with E-state index in [2.05, 4.69) is 15.6 Å². The lowest BCUT2D eigenvalue weighted by molar-refractivity contribution is -0.130. The van der Waals surface area contributed by atoms with Crippen molar-refractivity contribution in [1.29, 1.82) is 0 Å². The molecule has 0 saturated carbocycles. The summed E-state index contributed by atoms with van der Waals surface area (Å²) in [6.07, 6.45) is 1.59. The molecule has 6 nitrogen and oxygen atoms in total. The Bertz CT molecular complexity index is 692. The first-order chi connectivity index (χ1) is 10.1. The van der Waals surface area contributed by atoms with Crippen molar-refractivity contribution < 1.29 is 9.59 Å². The molecule has 0 bridgehead atoms. The lowest BCUT2D eigenvalue weighted by Gasteiger charge is -2.23. The Morgan fingerprint density at radius 1 is 1.48 bits per heavy atom. The van der Waals surface area contributed by atoms with E-state index in [-0.39, 0.29) is 18.4 Å². The minimum absolute atomic E-state index is 0.0955. The van der Waals surface area contributed by atoms with Gasteiger partial charge in [-0.15, -0.1) is 0 Å². The van der Waals surface area contributed by atoms with Gasteiger partial charge in [-0.05, 0) is 31.9 Å². The third-order valence-corrected chi connectivity index (χ3v) is 3.77. The maximum absolute atomic E-state index is 12.2. The summed E-state index contributed by atoms with van der Waals surface area (Å²) < 4.78 is 1.87. The van der Waals surface area contributed by atoms with Crippen LogP contribution in [0.5, 0.6) is 0 Å². The molecule has 2 amide bonds. The zero-order chi connectivity index (χ0) is 14.8. The Balaban J connectivity index is 1.74. The molecule has 0 radical (unpaired) electrons. The Morgan fingerprint density at radius 2 is 2.29 bits per heavy atom. The third-order valence-electron chi connectivity index (χ3n) is 3.77. The molecule has 1 fully saturated rings. The molecule has 3 rings (SSSR count). The number of nitrogens with one attached hydrogen (secondary N) is 2. The van der Waals surface area contributed by atoms with E-state index in [4.69, 9.17) is 0 Å². The molecule has 6 heteroatoms. The number of amides is 2. The van der Waals surface area contributed by atoms with Gasteiger partial charge in [-0.3, -0.25) is 9.59 Å². The molecule has 21 heavy (non-hydrogen) atoms. The Morgan fingerprint density at radius 3 is 3.10 bits per heavy atom. The number of rotatable bonds is 3. The van der Waals surface area contributed by atoms with Gasteiger partial charge in [-0.1, -0.05) is 12.1 Å². The third kappa shape index (κ3) is 2.74. The minimum atomic E-state index is -0.415. The van der Waals surface area contributed by atoms with Gasteiger partial charge in [0.25, 0.3) is 0 Å². The molecule has 1 atom stereocenters. The number of benzene rings is 1. The molecule has 1 aromatic carbocycles. The summed E-state index contributed by atoms with van der Waals surface area (Å²) in [7, 11) is 0. The molecule has 2 N–H and O–H groups in total. The molecular formula is C15H18N4O2. The predicted molar refractivity (Wildman–Crippen MR) is 78.6 cm³/mol. The number of aryl methyl sites for hydroxylation is 1. The number of fused-ring (bicyclic) bond motifs is 1. The number of carbonyl (C=O) groups excluding carboxylic acids is 2. The summed E-state index contributed by atoms with van der Waals surface area (Å²) in [5.41, 5.74) is 1.80. The Labute approximate surface area is 122 Å². The van der Waals surface area contributed by atoms with Gasteiger partial charge in [0.2, 0.25) is 11.8 Å². The maximum Gasteiger partial charge on any atom is 0.242 e. The lowest BCUT2D eigenvalue weighted by Crippen LogP contribution is -2.50. The number of hydrogen-bond donors (Lipinski definition) is 2. The van der Waals surface area contributed by atoms with Crippen LogP contribution in [0, 0.1) is 6.92 Å². The second-order valence-electron chi connectivity index (χ2n) is 5.29. The average Bonchev–Trinajstić information content (AvgIpc) is 2.78. The molecule has 110 valence electrons. The van der Waals surface area contributed by atoms with E-state index in [1.807, 2.05) is 35.8 Å². The highest BCUT2D eigenvalue weighted by atomic mass is 16.2. The molecule has 1 aliphatic rings. The standard InChI is InChI=1S/C15H18N4O2/c1-10-17-11-5-2-3-7-13(11)19(10)9-14(20)18-12-6-4-8-16-15(12)21/h2-3,5,7,12H,4,6,8-9H2,1H3,(H,16,21)(H,18,20). The fraction of sp³-hybridized carbons (Fsp3) is 0.400. The predicted octanol–water partition coefficient (Wildman–Crippen LogP) is 0.740. The summed E-state index contributed by atoms with van der Waals surface area (Å²) in [4.78, 5) is 28.3. The number of aromatic nitrogens is 2. The number of para-hydroxylation sites is 2. The van der Waals surface area contributed by atoms with Gasteiger partial charge >= 0.3 is 0 Å². The fourth-order valence-electron chi connectivity index (χ4n) is 2.69. The molecule has 0 spiro atoms. The van der Waals surface area contributed by atoms with Crippen LogP contribution in [0.4, 0.5) is 0 Å². The average molecular weight is 286 g/mol. The van der Waals surface area contributed by atoms with Crippen LogP contribution in [0.15, 0.2) is 24.3 Å². The number of carbonyl (C=O) groups is 2. The van der Waals surface area contributed by atoms with E-state index in [0.29, 0.717) is 13.0 Å². The highest BCUT2D eigenvalue weighted by molar-refractivity contribution is 5.88. The van der Waals surface area contributed by atoms with Crippen molar-refractivity contribution in [3.05, 3.63) is 30.1 Å². The quantitative estimate of drug-likeness (QED) is 0.874. The van der Waals surface area contributed by atoms with Crippen LogP contribution in [-0.2, 0) is 16.1 Å². The summed E-state index contributed by atoms with van der Waals surface area (Å²) in [5.74, 6) is 0.532. The van der Waals surface area contributed by atoms with Crippen LogP contribution in [0.1, 0.15) is 18.7 Å². The van der Waals surface area contributed by atoms with E-state index >= 15 is 0 Å². The first kappa shape index (κ1) is 13.6. The second kappa shape index (κ2) is 5.55. The van der Waals surface area contributed by atoms with Gasteiger partial charge in [0.15, 0.2) is 0 Å². The van der Waals surface area contributed by atoms with Crippen LogP contribution in [-0.4, -0.2) is 34.0 Å². The SMILES string of the molecule is Cc1nc2ccccc2n1CC(=O)NC1CCCNC1=O. The molecule has 2 aromatic rings. The van der Waals surface area contributed by atoms with Crippen molar-refractivity contribution in [3.8, 4) is 0 Å². The van der Waals surface area contributed by atoms with Crippen LogP contribution in [0.25, 0.3) is 11.0 Å². The van der Waals surface area contributed by atoms with Crippen molar-refractivity contribution in [2.75, 3.05) is 6.54 Å². The van der Waals surface area contributed by atoms with Crippen molar-refractivity contribution >= 4 is 22.8 Å². The summed E-state index contributed by atoms with van der Waals surface area (Å²) in [6, 6.07) is 7.29. The zero-order valence-electron chi connectivity index (χ0n) is 11.9. The largest absolute Gasteiger partial charge is 0.354 e. The number of piperidine rings is 1. The molecule has 2 heterocycles. The molecule has 1 aliphatic heterocycles. The minimum Gasteiger partial charge on any atom is -0.354 e. The van der Waals surface area contributed by atoms with E-state index in [0.717, 1.165) is 23.3 Å². The number of imidazole rings is 1. The topological polar surface area (TPSA) is 76.0 Å². The number of nitrogens with zero attached hydrogens (tertiary/aromatic N) is 2. The van der Waals surface area contributed by atoms with E-state index in [1.54, 1.807) is 0 Å². The Kier molecular flexibility index (Phi) is 3.60. The fourth-order valence-corrected chi connectivity index (χ4v) is 2.69. The maximum atomic E-state index is 12.2.